The van der Waals surface area contributed by atoms with Gasteiger partial charge in [0.25, 0.3) is 0 Å². The normalized spacial score (nSPS) is 27.2. The van der Waals surface area contributed by atoms with Gasteiger partial charge in [0.2, 0.25) is 5.91 Å². The standard InChI is InChI=1S/C20H28N4O/c1-3-24-18-11-7-6-10-16(18)23-19(24)13(2)21-20(25)17-12-14-8-4-5-9-15(14)22-17/h6-7,10-11,13-15,17,22H,3-5,8-9,12H2,1-2H3,(H,21,25). The highest BCUT2D eigenvalue weighted by Crippen LogP contribution is 2.33. The van der Waals surface area contributed by atoms with Crippen LogP contribution in [0, 0.1) is 5.92 Å². The SMILES string of the molecule is CCn1c(C(C)NC(=O)C2CC3CCCCC3N2)nc2ccccc21. The molecule has 0 radical (unpaired) electrons. The van der Waals surface area contributed by atoms with E-state index in [9.17, 15) is 4.79 Å². The molecule has 2 fully saturated rings. The minimum absolute atomic E-state index is 0.0463. The summed E-state index contributed by atoms with van der Waals surface area (Å²) in [4.78, 5) is 17.5. The van der Waals surface area contributed by atoms with Crippen molar-refractivity contribution in [3.63, 3.8) is 0 Å². The maximum absolute atomic E-state index is 12.8. The maximum Gasteiger partial charge on any atom is 0.237 e. The Morgan fingerprint density at radius 3 is 2.96 bits per heavy atom. The quantitative estimate of drug-likeness (QED) is 0.899. The number of nitrogens with zero attached hydrogens (tertiary/aromatic N) is 2. The second-order valence-corrected chi connectivity index (χ2v) is 7.54. The number of para-hydroxylation sites is 2. The third-order valence-corrected chi connectivity index (χ3v) is 5.93. The zero-order valence-electron chi connectivity index (χ0n) is 15.2. The van der Waals surface area contributed by atoms with E-state index in [1.807, 2.05) is 25.1 Å². The molecule has 5 heteroatoms. The molecule has 134 valence electrons. The smallest absolute Gasteiger partial charge is 0.237 e. The number of aryl methyl sites for hydroxylation is 1. The highest BCUT2D eigenvalue weighted by molar-refractivity contribution is 5.83. The average Bonchev–Trinajstić information content (AvgIpc) is 3.22. The van der Waals surface area contributed by atoms with Crippen molar-refractivity contribution in [2.45, 2.75) is 70.6 Å². The van der Waals surface area contributed by atoms with Crippen LogP contribution in [0.15, 0.2) is 24.3 Å². The van der Waals surface area contributed by atoms with Crippen LogP contribution in [0.4, 0.5) is 0 Å². The summed E-state index contributed by atoms with van der Waals surface area (Å²) in [5.41, 5.74) is 2.12. The molecule has 1 aliphatic carbocycles. The Hall–Kier alpha value is -1.88. The van der Waals surface area contributed by atoms with E-state index in [-0.39, 0.29) is 18.0 Å². The molecular weight excluding hydrogens is 312 g/mol. The lowest BCUT2D eigenvalue weighted by molar-refractivity contribution is -0.123. The summed E-state index contributed by atoms with van der Waals surface area (Å²) in [6.07, 6.45) is 6.07. The summed E-state index contributed by atoms with van der Waals surface area (Å²) in [6, 6.07) is 8.56. The molecule has 1 saturated carbocycles. The van der Waals surface area contributed by atoms with Gasteiger partial charge in [-0.3, -0.25) is 4.79 Å². The molecule has 1 aromatic heterocycles. The molecule has 2 aromatic rings. The molecule has 1 saturated heterocycles. The first-order chi connectivity index (χ1) is 12.2. The summed E-state index contributed by atoms with van der Waals surface area (Å²) in [6.45, 7) is 5.00. The highest BCUT2D eigenvalue weighted by atomic mass is 16.2. The molecule has 2 aliphatic rings. The second-order valence-electron chi connectivity index (χ2n) is 7.54. The molecule has 4 rings (SSSR count). The number of carbonyl (C=O) groups excluding carboxylic acids is 1. The molecule has 1 aromatic carbocycles. The molecule has 25 heavy (non-hydrogen) atoms. The number of amides is 1. The van der Waals surface area contributed by atoms with E-state index >= 15 is 0 Å². The van der Waals surface area contributed by atoms with E-state index in [0.29, 0.717) is 12.0 Å². The Kier molecular flexibility index (Phi) is 4.50. The number of fused-ring (bicyclic) bond motifs is 2. The first kappa shape index (κ1) is 16.6. The summed E-state index contributed by atoms with van der Waals surface area (Å²) < 4.78 is 2.20. The monoisotopic (exact) mass is 340 g/mol. The van der Waals surface area contributed by atoms with Gasteiger partial charge in [0.15, 0.2) is 0 Å². The summed E-state index contributed by atoms with van der Waals surface area (Å²) >= 11 is 0. The Bertz CT molecular complexity index is 754. The van der Waals surface area contributed by atoms with Gasteiger partial charge in [-0.1, -0.05) is 25.0 Å². The Labute approximate surface area is 149 Å². The van der Waals surface area contributed by atoms with Crippen LogP contribution in [0.2, 0.25) is 0 Å². The minimum Gasteiger partial charge on any atom is -0.345 e. The van der Waals surface area contributed by atoms with Crippen LogP contribution in [0.25, 0.3) is 11.0 Å². The van der Waals surface area contributed by atoms with Crippen LogP contribution in [-0.4, -0.2) is 27.5 Å². The lowest BCUT2D eigenvalue weighted by atomic mass is 9.85. The van der Waals surface area contributed by atoms with Crippen molar-refractivity contribution < 1.29 is 4.79 Å². The van der Waals surface area contributed by atoms with Crippen LogP contribution in [0.3, 0.4) is 0 Å². The first-order valence-electron chi connectivity index (χ1n) is 9.69. The van der Waals surface area contributed by atoms with Crippen molar-refractivity contribution in [2.24, 2.45) is 5.92 Å². The average molecular weight is 340 g/mol. The molecule has 0 spiro atoms. The molecule has 0 bridgehead atoms. The summed E-state index contributed by atoms with van der Waals surface area (Å²) in [7, 11) is 0. The fraction of sp³-hybridized carbons (Fsp3) is 0.600. The predicted octanol–water partition coefficient (Wildman–Crippen LogP) is 3.15. The molecule has 1 amide bonds. The molecular formula is C20H28N4O. The van der Waals surface area contributed by atoms with Gasteiger partial charge in [-0.15, -0.1) is 0 Å². The predicted molar refractivity (Wildman–Crippen MR) is 99.3 cm³/mol. The van der Waals surface area contributed by atoms with Gasteiger partial charge in [0, 0.05) is 12.6 Å². The number of aromatic nitrogens is 2. The number of imidazole rings is 1. The number of hydrogen-bond acceptors (Lipinski definition) is 3. The van der Waals surface area contributed by atoms with Crippen molar-refractivity contribution in [3.05, 3.63) is 30.1 Å². The van der Waals surface area contributed by atoms with Gasteiger partial charge in [-0.25, -0.2) is 4.98 Å². The maximum atomic E-state index is 12.8. The fourth-order valence-electron chi connectivity index (χ4n) is 4.66. The molecule has 5 nitrogen and oxygen atoms in total. The van der Waals surface area contributed by atoms with E-state index in [1.54, 1.807) is 0 Å². The van der Waals surface area contributed by atoms with E-state index in [4.69, 9.17) is 4.98 Å². The van der Waals surface area contributed by atoms with Crippen molar-refractivity contribution in [2.75, 3.05) is 0 Å². The third kappa shape index (κ3) is 3.06. The van der Waals surface area contributed by atoms with Crippen molar-refractivity contribution >= 4 is 16.9 Å². The zero-order chi connectivity index (χ0) is 17.4. The topological polar surface area (TPSA) is 59.0 Å². The Morgan fingerprint density at radius 1 is 1.36 bits per heavy atom. The summed E-state index contributed by atoms with van der Waals surface area (Å²) in [5.74, 6) is 1.74. The van der Waals surface area contributed by atoms with Gasteiger partial charge in [0.1, 0.15) is 5.82 Å². The van der Waals surface area contributed by atoms with Gasteiger partial charge in [-0.05, 0) is 51.2 Å². The zero-order valence-corrected chi connectivity index (χ0v) is 15.2. The number of carbonyl (C=O) groups is 1. The third-order valence-electron chi connectivity index (χ3n) is 5.93. The van der Waals surface area contributed by atoms with Crippen LogP contribution in [0.5, 0.6) is 0 Å². The van der Waals surface area contributed by atoms with E-state index in [1.165, 1.54) is 25.7 Å². The van der Waals surface area contributed by atoms with Crippen LogP contribution in [0.1, 0.15) is 57.8 Å². The van der Waals surface area contributed by atoms with Gasteiger partial charge in [0.05, 0.1) is 23.1 Å². The number of nitrogens with one attached hydrogen (secondary N) is 2. The molecule has 2 N–H and O–H groups in total. The molecule has 4 atom stereocenters. The Morgan fingerprint density at radius 2 is 2.16 bits per heavy atom. The van der Waals surface area contributed by atoms with Gasteiger partial charge >= 0.3 is 0 Å². The Balaban J connectivity index is 1.48. The lowest BCUT2D eigenvalue weighted by Crippen LogP contribution is -2.44. The van der Waals surface area contributed by atoms with Crippen molar-refractivity contribution in [1.29, 1.82) is 0 Å². The van der Waals surface area contributed by atoms with E-state index in [2.05, 4.69) is 28.2 Å². The highest BCUT2D eigenvalue weighted by Gasteiger charge is 2.38. The molecule has 4 unspecified atom stereocenters. The number of benzene rings is 1. The summed E-state index contributed by atoms with van der Waals surface area (Å²) in [5, 5.41) is 6.76. The largest absolute Gasteiger partial charge is 0.345 e. The van der Waals surface area contributed by atoms with Crippen LogP contribution in [-0.2, 0) is 11.3 Å². The molecule has 2 heterocycles. The number of hydrogen-bond donors (Lipinski definition) is 2. The first-order valence-corrected chi connectivity index (χ1v) is 9.69. The van der Waals surface area contributed by atoms with Crippen LogP contribution >= 0.6 is 0 Å². The minimum atomic E-state index is -0.0933. The van der Waals surface area contributed by atoms with E-state index in [0.717, 1.165) is 29.8 Å². The van der Waals surface area contributed by atoms with Gasteiger partial charge in [-0.2, -0.15) is 0 Å². The number of rotatable bonds is 4. The van der Waals surface area contributed by atoms with E-state index < -0.39 is 0 Å². The lowest BCUT2D eigenvalue weighted by Gasteiger charge is -2.24. The second kappa shape index (κ2) is 6.79. The van der Waals surface area contributed by atoms with Crippen molar-refractivity contribution in [1.82, 2.24) is 20.2 Å². The van der Waals surface area contributed by atoms with Crippen molar-refractivity contribution in [3.8, 4) is 0 Å². The molecule has 1 aliphatic heterocycles. The van der Waals surface area contributed by atoms with Crippen LogP contribution < -0.4 is 10.6 Å². The van der Waals surface area contributed by atoms with Gasteiger partial charge < -0.3 is 15.2 Å². The fourth-order valence-corrected chi connectivity index (χ4v) is 4.66.